The van der Waals surface area contributed by atoms with Crippen LogP contribution in [0.15, 0.2) is 51.3 Å². The summed E-state index contributed by atoms with van der Waals surface area (Å²) in [5, 5.41) is 18.3. The zero-order chi connectivity index (χ0) is 23.1. The minimum absolute atomic E-state index is 0.0569. The van der Waals surface area contributed by atoms with E-state index in [1.165, 1.54) is 17.6 Å². The number of carbonyl (C=O) groups excluding carboxylic acids is 1. The molecule has 3 rings (SSSR count). The molecule has 10 nitrogen and oxygen atoms in total. The lowest BCUT2D eigenvalue weighted by molar-refractivity contribution is 0.164. The van der Waals surface area contributed by atoms with E-state index in [0.29, 0.717) is 22.3 Å². The van der Waals surface area contributed by atoms with Crippen molar-refractivity contribution >= 4 is 44.6 Å². The standard InChI is InChI=1S/C20H24N6O4S2/c1-4-30-20(28)26-32(3,29)15-7-5-14(6-8-15)24-19-22-11-16(18-21-9-10-31-18)17(25-19)23-13(2)12-27/h5-11,13,27H,4,12H2,1-3H3,(H2,22,23,24,25)/t13-,32?/m1/s1. The fourth-order valence-corrected chi connectivity index (χ4v) is 4.34. The van der Waals surface area contributed by atoms with Crippen LogP contribution in [0.2, 0.25) is 0 Å². The topological polar surface area (TPSA) is 139 Å². The third-order valence-corrected chi connectivity index (χ3v) is 6.62. The normalized spacial score (nSPS) is 13.6. The lowest BCUT2D eigenvalue weighted by atomic mass is 10.3. The molecule has 0 bridgehead atoms. The van der Waals surface area contributed by atoms with E-state index in [-0.39, 0.29) is 19.3 Å². The number of nitrogens with one attached hydrogen (secondary N) is 2. The van der Waals surface area contributed by atoms with Gasteiger partial charge in [-0.3, -0.25) is 0 Å². The van der Waals surface area contributed by atoms with E-state index in [0.717, 1.165) is 10.6 Å². The largest absolute Gasteiger partial charge is 0.448 e. The first-order valence-corrected chi connectivity index (χ1v) is 12.5. The van der Waals surface area contributed by atoms with Crippen LogP contribution in [0.25, 0.3) is 10.6 Å². The van der Waals surface area contributed by atoms with Gasteiger partial charge in [-0.15, -0.1) is 15.7 Å². The molecule has 3 aromatic rings. The van der Waals surface area contributed by atoms with Crippen molar-refractivity contribution in [3.63, 3.8) is 0 Å². The van der Waals surface area contributed by atoms with Crippen LogP contribution in [0.1, 0.15) is 13.8 Å². The van der Waals surface area contributed by atoms with Crippen molar-refractivity contribution in [3.8, 4) is 10.6 Å². The van der Waals surface area contributed by atoms with Gasteiger partial charge in [0.2, 0.25) is 5.95 Å². The first-order valence-electron chi connectivity index (χ1n) is 9.72. The predicted molar refractivity (Wildman–Crippen MR) is 125 cm³/mol. The second-order valence-electron chi connectivity index (χ2n) is 6.76. The molecule has 2 aromatic heterocycles. The van der Waals surface area contributed by atoms with Gasteiger partial charge in [0, 0.05) is 40.7 Å². The molecule has 0 aliphatic rings. The number of hydrogen-bond donors (Lipinski definition) is 3. The number of aliphatic hydroxyl groups excluding tert-OH is 1. The summed E-state index contributed by atoms with van der Waals surface area (Å²) < 4.78 is 21.1. The summed E-state index contributed by atoms with van der Waals surface area (Å²) in [6.07, 6.45) is 3.89. The lowest BCUT2D eigenvalue weighted by Crippen LogP contribution is -2.21. The summed E-state index contributed by atoms with van der Waals surface area (Å²) in [5.74, 6) is 0.875. The zero-order valence-corrected chi connectivity index (χ0v) is 19.4. The second kappa shape index (κ2) is 10.5. The summed E-state index contributed by atoms with van der Waals surface area (Å²) in [6, 6.07) is 6.41. The van der Waals surface area contributed by atoms with Crippen LogP contribution in [0.3, 0.4) is 0 Å². The highest BCUT2D eigenvalue weighted by atomic mass is 32.2. The number of benzene rings is 1. The first kappa shape index (κ1) is 23.6. The predicted octanol–water partition coefficient (Wildman–Crippen LogP) is 3.75. The van der Waals surface area contributed by atoms with Gasteiger partial charge in [-0.05, 0) is 38.1 Å². The molecule has 0 saturated heterocycles. The highest BCUT2D eigenvalue weighted by Gasteiger charge is 2.14. The average Bonchev–Trinajstić information content (AvgIpc) is 3.28. The van der Waals surface area contributed by atoms with Crippen LogP contribution >= 0.6 is 11.3 Å². The molecule has 2 heterocycles. The fourth-order valence-electron chi connectivity index (χ4n) is 2.61. The quantitative estimate of drug-likeness (QED) is 0.443. The summed E-state index contributed by atoms with van der Waals surface area (Å²) in [6.45, 7) is 3.60. The maximum absolute atomic E-state index is 12.7. The maximum Gasteiger partial charge on any atom is 0.442 e. The van der Waals surface area contributed by atoms with Crippen molar-refractivity contribution in [2.75, 3.05) is 30.1 Å². The maximum atomic E-state index is 12.7. The first-order chi connectivity index (χ1) is 15.3. The molecule has 0 saturated carbocycles. The summed E-state index contributed by atoms with van der Waals surface area (Å²) in [7, 11) is -2.92. The second-order valence-corrected chi connectivity index (χ2v) is 9.92. The molecule has 0 aliphatic heterocycles. The molecule has 3 N–H and O–H groups in total. The zero-order valence-electron chi connectivity index (χ0n) is 17.8. The van der Waals surface area contributed by atoms with Crippen molar-refractivity contribution in [2.24, 2.45) is 4.36 Å². The molecular formula is C20H24N6O4S2. The van der Waals surface area contributed by atoms with Gasteiger partial charge in [0.05, 0.1) is 28.5 Å². The summed E-state index contributed by atoms with van der Waals surface area (Å²) in [4.78, 5) is 25.2. The van der Waals surface area contributed by atoms with Gasteiger partial charge < -0.3 is 20.5 Å². The Labute approximate surface area is 190 Å². The van der Waals surface area contributed by atoms with Crippen molar-refractivity contribution in [1.82, 2.24) is 15.0 Å². The number of ether oxygens (including phenoxy) is 1. The highest BCUT2D eigenvalue weighted by molar-refractivity contribution is 7.93. The van der Waals surface area contributed by atoms with E-state index in [1.807, 2.05) is 12.3 Å². The molecule has 1 unspecified atom stereocenters. The van der Waals surface area contributed by atoms with Crippen LogP contribution in [0.5, 0.6) is 0 Å². The smallest absolute Gasteiger partial charge is 0.442 e. The lowest BCUT2D eigenvalue weighted by Gasteiger charge is -2.15. The van der Waals surface area contributed by atoms with Crippen LogP contribution in [-0.2, 0) is 14.5 Å². The number of rotatable bonds is 8. The highest BCUT2D eigenvalue weighted by Crippen LogP contribution is 2.29. The SMILES string of the molecule is CCOC(=O)N=S(C)(=O)c1ccc(Nc2ncc(-c3nccs3)c(N[C@H](C)CO)n2)cc1. The van der Waals surface area contributed by atoms with Crippen molar-refractivity contribution in [3.05, 3.63) is 42.0 Å². The van der Waals surface area contributed by atoms with E-state index < -0.39 is 15.8 Å². The summed E-state index contributed by atoms with van der Waals surface area (Å²) >= 11 is 1.46. The number of anilines is 3. The number of aliphatic hydroxyl groups is 1. The minimum Gasteiger partial charge on any atom is -0.448 e. The van der Waals surface area contributed by atoms with E-state index in [1.54, 1.807) is 43.6 Å². The molecule has 1 amide bonds. The monoisotopic (exact) mass is 476 g/mol. The van der Waals surface area contributed by atoms with Crippen molar-refractivity contribution < 1.29 is 18.8 Å². The van der Waals surface area contributed by atoms with Gasteiger partial charge in [-0.2, -0.15) is 4.98 Å². The fraction of sp³-hybridized carbons (Fsp3) is 0.300. The van der Waals surface area contributed by atoms with Crippen LogP contribution in [-0.4, -0.2) is 55.9 Å². The third-order valence-electron chi connectivity index (χ3n) is 4.17. The van der Waals surface area contributed by atoms with Crippen LogP contribution < -0.4 is 10.6 Å². The number of nitrogens with zero attached hydrogens (tertiary/aromatic N) is 4. The van der Waals surface area contributed by atoms with Gasteiger partial charge in [0.25, 0.3) is 0 Å². The molecule has 12 heteroatoms. The Kier molecular flexibility index (Phi) is 7.72. The Balaban J connectivity index is 1.83. The van der Waals surface area contributed by atoms with Gasteiger partial charge >= 0.3 is 6.09 Å². The van der Waals surface area contributed by atoms with E-state index in [9.17, 15) is 14.1 Å². The van der Waals surface area contributed by atoms with E-state index in [4.69, 9.17) is 4.74 Å². The van der Waals surface area contributed by atoms with Gasteiger partial charge in [-0.1, -0.05) is 0 Å². The van der Waals surface area contributed by atoms with Gasteiger partial charge in [0.1, 0.15) is 10.8 Å². The third kappa shape index (κ3) is 5.99. The average molecular weight is 477 g/mol. The Bertz CT molecular complexity index is 1180. The Morgan fingerprint density at radius 3 is 2.69 bits per heavy atom. The molecule has 0 spiro atoms. The van der Waals surface area contributed by atoms with Gasteiger partial charge in [0.15, 0.2) is 0 Å². The molecule has 0 aliphatic carbocycles. The van der Waals surface area contributed by atoms with Gasteiger partial charge in [-0.25, -0.2) is 19.0 Å². The molecule has 32 heavy (non-hydrogen) atoms. The number of hydrogen-bond acceptors (Lipinski definition) is 10. The minimum atomic E-state index is -2.92. The van der Waals surface area contributed by atoms with Crippen LogP contribution in [0, 0.1) is 0 Å². The molecular weight excluding hydrogens is 452 g/mol. The molecule has 0 fully saturated rings. The molecule has 1 aromatic carbocycles. The Morgan fingerprint density at radius 2 is 2.06 bits per heavy atom. The van der Waals surface area contributed by atoms with Crippen molar-refractivity contribution in [2.45, 2.75) is 24.8 Å². The number of aromatic nitrogens is 3. The Morgan fingerprint density at radius 1 is 1.31 bits per heavy atom. The molecule has 2 atom stereocenters. The molecule has 170 valence electrons. The number of amides is 1. The van der Waals surface area contributed by atoms with Crippen LogP contribution in [0.4, 0.5) is 22.2 Å². The Hall–Kier alpha value is -3.09. The van der Waals surface area contributed by atoms with E-state index in [2.05, 4.69) is 29.9 Å². The summed E-state index contributed by atoms with van der Waals surface area (Å²) in [5.41, 5.74) is 1.38. The van der Waals surface area contributed by atoms with Crippen molar-refractivity contribution in [1.29, 1.82) is 0 Å². The number of thiazole rings is 1. The molecule has 0 radical (unpaired) electrons. The van der Waals surface area contributed by atoms with E-state index >= 15 is 0 Å². The number of carbonyl (C=O) groups is 1.